The second-order valence-electron chi connectivity index (χ2n) is 6.52. The van der Waals surface area contributed by atoms with Gasteiger partial charge in [0.15, 0.2) is 0 Å². The normalized spacial score (nSPS) is 23.8. The molecule has 0 aromatic heterocycles. The number of hydrogen-bond acceptors (Lipinski definition) is 3. The molecule has 1 rings (SSSR count). The summed E-state index contributed by atoms with van der Waals surface area (Å²) >= 11 is 0. The van der Waals surface area contributed by atoms with E-state index in [1.165, 1.54) is 19.3 Å². The molecule has 19 heavy (non-hydrogen) atoms. The molecule has 1 fully saturated rings. The lowest BCUT2D eigenvalue weighted by Crippen LogP contribution is -2.41. The summed E-state index contributed by atoms with van der Waals surface area (Å²) in [5.41, 5.74) is -0.481. The Morgan fingerprint density at radius 2 is 1.79 bits per heavy atom. The van der Waals surface area contributed by atoms with Crippen LogP contribution >= 0.6 is 0 Å². The third kappa shape index (κ3) is 6.60. The Morgan fingerprint density at radius 3 is 2.37 bits per heavy atom. The molecule has 0 heterocycles. The first-order chi connectivity index (χ1) is 8.78. The van der Waals surface area contributed by atoms with Crippen LogP contribution in [0.5, 0.6) is 0 Å². The zero-order valence-electron chi connectivity index (χ0n) is 12.6. The smallest absolute Gasteiger partial charge is 0.306 e. The van der Waals surface area contributed by atoms with Gasteiger partial charge in [0.1, 0.15) is 5.60 Å². The quantitative estimate of drug-likeness (QED) is 0.798. The van der Waals surface area contributed by atoms with Gasteiger partial charge in [-0.1, -0.05) is 19.8 Å². The molecule has 1 amide bonds. The number of hydrogen-bond donors (Lipinski definition) is 1. The Morgan fingerprint density at radius 1 is 1.16 bits per heavy atom. The van der Waals surface area contributed by atoms with Crippen LogP contribution in [0, 0.1) is 5.92 Å². The Hall–Kier alpha value is -1.06. The van der Waals surface area contributed by atoms with Gasteiger partial charge in [0.25, 0.3) is 0 Å². The standard InChI is InChI=1S/C15H27NO3/c1-11-7-5-6-8-12(11)16-13(17)9-10-14(18)19-15(2,3)4/h11-12H,5-10H2,1-4H3,(H,16,17). The van der Waals surface area contributed by atoms with Crippen LogP contribution in [-0.2, 0) is 14.3 Å². The van der Waals surface area contributed by atoms with Gasteiger partial charge >= 0.3 is 5.97 Å². The summed E-state index contributed by atoms with van der Waals surface area (Å²) in [6.45, 7) is 7.66. The molecule has 0 radical (unpaired) electrons. The van der Waals surface area contributed by atoms with Gasteiger partial charge in [0.2, 0.25) is 5.91 Å². The number of ether oxygens (including phenoxy) is 1. The van der Waals surface area contributed by atoms with Gasteiger partial charge in [-0.05, 0) is 39.5 Å². The molecule has 2 atom stereocenters. The van der Waals surface area contributed by atoms with Gasteiger partial charge < -0.3 is 10.1 Å². The maximum Gasteiger partial charge on any atom is 0.306 e. The molecule has 0 bridgehead atoms. The molecule has 0 aromatic rings. The summed E-state index contributed by atoms with van der Waals surface area (Å²) < 4.78 is 5.18. The van der Waals surface area contributed by atoms with Gasteiger partial charge in [0, 0.05) is 12.5 Å². The van der Waals surface area contributed by atoms with Crippen molar-refractivity contribution in [1.29, 1.82) is 0 Å². The van der Waals surface area contributed by atoms with Crippen molar-refractivity contribution < 1.29 is 14.3 Å². The zero-order chi connectivity index (χ0) is 14.5. The third-order valence-corrected chi connectivity index (χ3v) is 3.43. The van der Waals surface area contributed by atoms with E-state index in [2.05, 4.69) is 12.2 Å². The highest BCUT2D eigenvalue weighted by Gasteiger charge is 2.23. The van der Waals surface area contributed by atoms with Crippen LogP contribution in [0.3, 0.4) is 0 Å². The molecule has 1 aliphatic rings. The molecular formula is C15H27NO3. The number of nitrogens with one attached hydrogen (secondary N) is 1. The van der Waals surface area contributed by atoms with Crippen LogP contribution in [0.25, 0.3) is 0 Å². The van der Waals surface area contributed by atoms with Crippen molar-refractivity contribution in [1.82, 2.24) is 5.32 Å². The van der Waals surface area contributed by atoms with E-state index in [0.717, 1.165) is 6.42 Å². The van der Waals surface area contributed by atoms with E-state index in [-0.39, 0.29) is 30.8 Å². The van der Waals surface area contributed by atoms with Crippen LogP contribution in [0.2, 0.25) is 0 Å². The lowest BCUT2D eigenvalue weighted by molar-refractivity contribution is -0.155. The Balaban J connectivity index is 2.26. The Bertz CT molecular complexity index is 320. The number of rotatable bonds is 4. The van der Waals surface area contributed by atoms with Crippen molar-refractivity contribution >= 4 is 11.9 Å². The summed E-state index contributed by atoms with van der Waals surface area (Å²) in [7, 11) is 0. The van der Waals surface area contributed by atoms with Crippen LogP contribution < -0.4 is 5.32 Å². The number of amides is 1. The van der Waals surface area contributed by atoms with Crippen LogP contribution in [0.1, 0.15) is 66.2 Å². The van der Waals surface area contributed by atoms with Crippen LogP contribution in [0.4, 0.5) is 0 Å². The van der Waals surface area contributed by atoms with Crippen molar-refractivity contribution in [3.8, 4) is 0 Å². The summed E-state index contributed by atoms with van der Waals surface area (Å²) in [6, 6.07) is 0.278. The highest BCUT2D eigenvalue weighted by atomic mass is 16.6. The van der Waals surface area contributed by atoms with Gasteiger partial charge in [0.05, 0.1) is 6.42 Å². The maximum atomic E-state index is 11.8. The monoisotopic (exact) mass is 269 g/mol. The fourth-order valence-electron chi connectivity index (χ4n) is 2.42. The minimum absolute atomic E-state index is 0.0374. The maximum absolute atomic E-state index is 11.8. The van der Waals surface area contributed by atoms with E-state index in [1.807, 2.05) is 20.8 Å². The number of carbonyl (C=O) groups excluding carboxylic acids is 2. The van der Waals surface area contributed by atoms with Gasteiger partial charge in [-0.25, -0.2) is 0 Å². The van der Waals surface area contributed by atoms with Crippen LogP contribution in [-0.4, -0.2) is 23.5 Å². The topological polar surface area (TPSA) is 55.4 Å². The fourth-order valence-corrected chi connectivity index (χ4v) is 2.42. The summed E-state index contributed by atoms with van der Waals surface area (Å²) in [5.74, 6) is 0.197. The molecule has 0 saturated heterocycles. The molecule has 110 valence electrons. The van der Waals surface area contributed by atoms with Crippen molar-refractivity contribution in [2.45, 2.75) is 77.9 Å². The average molecular weight is 269 g/mol. The van der Waals surface area contributed by atoms with Gasteiger partial charge in [-0.2, -0.15) is 0 Å². The fraction of sp³-hybridized carbons (Fsp3) is 0.867. The largest absolute Gasteiger partial charge is 0.460 e. The minimum Gasteiger partial charge on any atom is -0.460 e. The first-order valence-electron chi connectivity index (χ1n) is 7.29. The summed E-state index contributed by atoms with van der Waals surface area (Å²) in [6.07, 6.45) is 5.05. The first-order valence-corrected chi connectivity index (χ1v) is 7.29. The van der Waals surface area contributed by atoms with Crippen molar-refractivity contribution in [3.63, 3.8) is 0 Å². The molecule has 1 aliphatic carbocycles. The summed E-state index contributed by atoms with van der Waals surface area (Å²) in [4.78, 5) is 23.3. The molecular weight excluding hydrogens is 242 g/mol. The van der Waals surface area contributed by atoms with E-state index in [4.69, 9.17) is 4.74 Å². The molecule has 4 heteroatoms. The third-order valence-electron chi connectivity index (χ3n) is 3.43. The highest BCUT2D eigenvalue weighted by molar-refractivity contribution is 5.81. The van der Waals surface area contributed by atoms with E-state index in [0.29, 0.717) is 5.92 Å². The predicted molar refractivity (Wildman–Crippen MR) is 74.6 cm³/mol. The molecule has 0 aliphatic heterocycles. The molecule has 0 spiro atoms. The van der Waals surface area contributed by atoms with Gasteiger partial charge in [-0.15, -0.1) is 0 Å². The first kappa shape index (κ1) is 16.0. The van der Waals surface area contributed by atoms with E-state index in [9.17, 15) is 9.59 Å². The minimum atomic E-state index is -0.481. The van der Waals surface area contributed by atoms with E-state index >= 15 is 0 Å². The Labute approximate surface area is 116 Å². The zero-order valence-corrected chi connectivity index (χ0v) is 12.6. The molecule has 1 N–H and O–H groups in total. The SMILES string of the molecule is CC1CCCCC1NC(=O)CCC(=O)OC(C)(C)C. The molecule has 0 aromatic carbocycles. The predicted octanol–water partition coefficient (Wildman–Crippen LogP) is 2.80. The van der Waals surface area contributed by atoms with E-state index < -0.39 is 5.60 Å². The average Bonchev–Trinajstić information content (AvgIpc) is 2.27. The molecule has 2 unspecified atom stereocenters. The van der Waals surface area contributed by atoms with Crippen molar-refractivity contribution in [3.05, 3.63) is 0 Å². The highest BCUT2D eigenvalue weighted by Crippen LogP contribution is 2.23. The number of esters is 1. The van der Waals surface area contributed by atoms with Crippen molar-refractivity contribution in [2.24, 2.45) is 5.92 Å². The lowest BCUT2D eigenvalue weighted by atomic mass is 9.86. The van der Waals surface area contributed by atoms with E-state index in [1.54, 1.807) is 0 Å². The summed E-state index contributed by atoms with van der Waals surface area (Å²) in [5, 5.41) is 3.04. The number of carbonyl (C=O) groups is 2. The second kappa shape index (κ2) is 6.92. The Kier molecular flexibility index (Phi) is 5.83. The van der Waals surface area contributed by atoms with Crippen LogP contribution in [0.15, 0.2) is 0 Å². The van der Waals surface area contributed by atoms with Gasteiger partial charge in [-0.3, -0.25) is 9.59 Å². The lowest BCUT2D eigenvalue weighted by Gasteiger charge is -2.29. The molecule has 4 nitrogen and oxygen atoms in total. The second-order valence-corrected chi connectivity index (χ2v) is 6.52. The van der Waals surface area contributed by atoms with Crippen molar-refractivity contribution in [2.75, 3.05) is 0 Å². The molecule has 1 saturated carbocycles.